The zero-order chi connectivity index (χ0) is 16.8. The number of pyridine rings is 1. The number of nitriles is 1. The van der Waals surface area contributed by atoms with Crippen molar-refractivity contribution in [1.29, 1.82) is 5.26 Å². The average molecular weight is 316 g/mol. The van der Waals surface area contributed by atoms with E-state index in [0.717, 1.165) is 22.8 Å². The maximum Gasteiger partial charge on any atom is 0.229 e. The molecule has 2 aromatic heterocycles. The summed E-state index contributed by atoms with van der Waals surface area (Å²) in [6.45, 7) is 2.56. The minimum absolute atomic E-state index is 0.508. The minimum Gasteiger partial charge on any atom is -0.366 e. The summed E-state index contributed by atoms with van der Waals surface area (Å²) in [5.41, 5.74) is 3.38. The molecule has 0 bridgehead atoms. The fourth-order valence-corrected chi connectivity index (χ4v) is 2.17. The number of hydrogen-bond acceptors (Lipinski definition) is 6. The van der Waals surface area contributed by atoms with Gasteiger partial charge in [0.25, 0.3) is 0 Å². The second-order valence-corrected chi connectivity index (χ2v) is 5.25. The molecule has 0 saturated carbocycles. The number of anilines is 3. The average Bonchev–Trinajstić information content (AvgIpc) is 2.61. The number of benzene rings is 1. The van der Waals surface area contributed by atoms with Crippen LogP contribution in [-0.4, -0.2) is 15.0 Å². The Morgan fingerprint density at radius 1 is 1.12 bits per heavy atom. The topological polar surface area (TPSA) is 86.5 Å². The van der Waals surface area contributed by atoms with E-state index in [1.165, 1.54) is 0 Å². The van der Waals surface area contributed by atoms with Crippen LogP contribution < -0.4 is 10.6 Å². The van der Waals surface area contributed by atoms with Gasteiger partial charge in [-0.3, -0.25) is 4.98 Å². The lowest BCUT2D eigenvalue weighted by Crippen LogP contribution is -2.05. The maximum absolute atomic E-state index is 8.84. The van der Waals surface area contributed by atoms with Crippen LogP contribution in [0.1, 0.15) is 16.8 Å². The molecule has 0 saturated heterocycles. The van der Waals surface area contributed by atoms with Crippen LogP contribution in [0.4, 0.5) is 17.5 Å². The van der Waals surface area contributed by atoms with Crippen molar-refractivity contribution in [1.82, 2.24) is 15.0 Å². The van der Waals surface area contributed by atoms with Gasteiger partial charge in [-0.25, -0.2) is 4.98 Å². The van der Waals surface area contributed by atoms with Gasteiger partial charge in [-0.1, -0.05) is 6.07 Å². The molecule has 3 aromatic rings. The molecule has 0 aliphatic carbocycles. The van der Waals surface area contributed by atoms with Crippen molar-refractivity contribution >= 4 is 17.5 Å². The van der Waals surface area contributed by atoms with Gasteiger partial charge in [-0.05, 0) is 42.8 Å². The van der Waals surface area contributed by atoms with Crippen molar-refractivity contribution in [3.8, 4) is 6.07 Å². The van der Waals surface area contributed by atoms with E-state index in [9.17, 15) is 0 Å². The van der Waals surface area contributed by atoms with Gasteiger partial charge in [0.05, 0.1) is 11.6 Å². The minimum atomic E-state index is 0.508. The molecule has 6 nitrogen and oxygen atoms in total. The SMILES string of the molecule is Cc1cc(NCc2cccnc2)nc(Nc2ccc(C#N)cc2)n1. The summed E-state index contributed by atoms with van der Waals surface area (Å²) in [5, 5.41) is 15.3. The highest BCUT2D eigenvalue weighted by molar-refractivity contribution is 5.56. The summed E-state index contributed by atoms with van der Waals surface area (Å²) in [5.74, 6) is 1.25. The molecule has 6 heteroatoms. The quantitative estimate of drug-likeness (QED) is 0.750. The first-order valence-corrected chi connectivity index (χ1v) is 7.48. The third-order valence-electron chi connectivity index (χ3n) is 3.32. The standard InChI is InChI=1S/C18H16N6/c1-13-9-17(21-12-15-3-2-8-20-11-15)24-18(22-13)23-16-6-4-14(10-19)5-7-16/h2-9,11H,12H2,1H3,(H2,21,22,23,24). The van der Waals surface area contributed by atoms with E-state index < -0.39 is 0 Å². The number of hydrogen-bond donors (Lipinski definition) is 2. The van der Waals surface area contributed by atoms with Crippen LogP contribution in [0.25, 0.3) is 0 Å². The summed E-state index contributed by atoms with van der Waals surface area (Å²) in [6, 6.07) is 15.0. The molecule has 118 valence electrons. The maximum atomic E-state index is 8.84. The van der Waals surface area contributed by atoms with Crippen LogP contribution in [0.3, 0.4) is 0 Å². The van der Waals surface area contributed by atoms with Gasteiger partial charge < -0.3 is 10.6 Å². The molecule has 0 aliphatic rings. The van der Waals surface area contributed by atoms with Crippen molar-refractivity contribution in [3.63, 3.8) is 0 Å². The Morgan fingerprint density at radius 3 is 2.67 bits per heavy atom. The predicted octanol–water partition coefficient (Wildman–Crippen LogP) is 3.41. The van der Waals surface area contributed by atoms with E-state index in [1.54, 1.807) is 18.3 Å². The molecule has 0 aliphatic heterocycles. The summed E-state index contributed by atoms with van der Waals surface area (Å²) < 4.78 is 0. The Labute approximate surface area is 140 Å². The monoisotopic (exact) mass is 316 g/mol. The Balaban J connectivity index is 1.72. The highest BCUT2D eigenvalue weighted by Crippen LogP contribution is 2.16. The van der Waals surface area contributed by atoms with E-state index in [-0.39, 0.29) is 0 Å². The summed E-state index contributed by atoms with van der Waals surface area (Å²) in [7, 11) is 0. The van der Waals surface area contributed by atoms with E-state index in [0.29, 0.717) is 18.1 Å². The van der Waals surface area contributed by atoms with Gasteiger partial charge in [0.2, 0.25) is 5.95 Å². The fraction of sp³-hybridized carbons (Fsp3) is 0.111. The molecule has 1 aromatic carbocycles. The first-order chi connectivity index (χ1) is 11.7. The third-order valence-corrected chi connectivity index (χ3v) is 3.32. The number of rotatable bonds is 5. The summed E-state index contributed by atoms with van der Waals surface area (Å²) in [4.78, 5) is 12.9. The van der Waals surface area contributed by atoms with Gasteiger partial charge in [0.1, 0.15) is 5.82 Å². The van der Waals surface area contributed by atoms with E-state index in [1.807, 2.05) is 43.5 Å². The van der Waals surface area contributed by atoms with Crippen molar-refractivity contribution in [2.24, 2.45) is 0 Å². The molecule has 0 spiro atoms. The van der Waals surface area contributed by atoms with E-state index in [2.05, 4.69) is 31.7 Å². The normalized spacial score (nSPS) is 10.0. The van der Waals surface area contributed by atoms with Crippen molar-refractivity contribution in [2.75, 3.05) is 10.6 Å². The highest BCUT2D eigenvalue weighted by Gasteiger charge is 2.03. The molecule has 24 heavy (non-hydrogen) atoms. The summed E-state index contributed by atoms with van der Waals surface area (Å²) >= 11 is 0. The molecular weight excluding hydrogens is 300 g/mol. The van der Waals surface area contributed by atoms with Gasteiger partial charge in [-0.2, -0.15) is 10.2 Å². The molecule has 2 N–H and O–H groups in total. The lowest BCUT2D eigenvalue weighted by molar-refractivity contribution is 1.05. The van der Waals surface area contributed by atoms with E-state index >= 15 is 0 Å². The van der Waals surface area contributed by atoms with Gasteiger partial charge in [-0.15, -0.1) is 0 Å². The highest BCUT2D eigenvalue weighted by atomic mass is 15.1. The van der Waals surface area contributed by atoms with Crippen molar-refractivity contribution in [3.05, 3.63) is 71.7 Å². The smallest absolute Gasteiger partial charge is 0.229 e. The van der Waals surface area contributed by atoms with Gasteiger partial charge >= 0.3 is 0 Å². The molecule has 0 radical (unpaired) electrons. The van der Waals surface area contributed by atoms with Gasteiger partial charge in [0, 0.05) is 36.4 Å². The van der Waals surface area contributed by atoms with Crippen LogP contribution >= 0.6 is 0 Å². The molecule has 0 atom stereocenters. The number of aromatic nitrogens is 3. The van der Waals surface area contributed by atoms with Crippen LogP contribution in [0.15, 0.2) is 54.9 Å². The Hall–Kier alpha value is -3.46. The molecular formula is C18H16N6. The van der Waals surface area contributed by atoms with Gasteiger partial charge in [0.15, 0.2) is 0 Å². The molecule has 3 rings (SSSR count). The number of nitrogens with one attached hydrogen (secondary N) is 2. The van der Waals surface area contributed by atoms with Crippen LogP contribution in [0.5, 0.6) is 0 Å². The fourth-order valence-electron chi connectivity index (χ4n) is 2.17. The predicted molar refractivity (Wildman–Crippen MR) is 92.8 cm³/mol. The molecule has 0 amide bonds. The first kappa shape index (κ1) is 15.4. The second kappa shape index (κ2) is 7.20. The van der Waals surface area contributed by atoms with Crippen LogP contribution in [0.2, 0.25) is 0 Å². The molecule has 0 unspecified atom stereocenters. The molecule has 0 fully saturated rings. The Kier molecular flexibility index (Phi) is 4.63. The Bertz CT molecular complexity index is 853. The zero-order valence-corrected chi connectivity index (χ0v) is 13.2. The molecule has 2 heterocycles. The van der Waals surface area contributed by atoms with Crippen molar-refractivity contribution < 1.29 is 0 Å². The zero-order valence-electron chi connectivity index (χ0n) is 13.2. The van der Waals surface area contributed by atoms with Crippen LogP contribution in [-0.2, 0) is 6.54 Å². The summed E-state index contributed by atoms with van der Waals surface area (Å²) in [6.07, 6.45) is 3.56. The lowest BCUT2D eigenvalue weighted by atomic mass is 10.2. The van der Waals surface area contributed by atoms with Crippen molar-refractivity contribution in [2.45, 2.75) is 13.5 Å². The Morgan fingerprint density at radius 2 is 1.96 bits per heavy atom. The second-order valence-electron chi connectivity index (χ2n) is 5.25. The largest absolute Gasteiger partial charge is 0.366 e. The number of nitrogens with zero attached hydrogens (tertiary/aromatic N) is 4. The van der Waals surface area contributed by atoms with E-state index in [4.69, 9.17) is 5.26 Å². The number of aryl methyl sites for hydroxylation is 1. The third kappa shape index (κ3) is 4.05. The lowest BCUT2D eigenvalue weighted by Gasteiger charge is -2.10. The van der Waals surface area contributed by atoms with Crippen LogP contribution in [0, 0.1) is 18.3 Å². The first-order valence-electron chi connectivity index (χ1n) is 7.48.